The number of fused-ring (bicyclic) bond motifs is 1. The van der Waals surface area contributed by atoms with Crippen molar-refractivity contribution in [3.8, 4) is 0 Å². The van der Waals surface area contributed by atoms with Gasteiger partial charge in [-0.25, -0.2) is 9.78 Å². The van der Waals surface area contributed by atoms with Gasteiger partial charge >= 0.3 is 5.97 Å². The van der Waals surface area contributed by atoms with Crippen LogP contribution in [-0.2, 0) is 0 Å². The van der Waals surface area contributed by atoms with E-state index >= 15 is 0 Å². The van der Waals surface area contributed by atoms with Gasteiger partial charge in [0.1, 0.15) is 5.65 Å². The van der Waals surface area contributed by atoms with Crippen LogP contribution in [0.4, 0.5) is 11.5 Å². The molecule has 0 saturated carbocycles. The maximum atomic E-state index is 11.5. The number of imidazole rings is 1. The number of nitrogens with one attached hydrogen (secondary N) is 1. The Kier molecular flexibility index (Phi) is 3.57. The summed E-state index contributed by atoms with van der Waals surface area (Å²) in [5.74, 6) is -0.800. The highest BCUT2D eigenvalue weighted by Crippen LogP contribution is 2.30. The first-order chi connectivity index (χ1) is 10.1. The molecule has 2 heterocycles. The van der Waals surface area contributed by atoms with Crippen molar-refractivity contribution in [1.82, 2.24) is 9.38 Å². The van der Waals surface area contributed by atoms with E-state index in [4.69, 9.17) is 11.6 Å². The van der Waals surface area contributed by atoms with Crippen LogP contribution in [0.1, 0.15) is 10.5 Å². The Bertz CT molecular complexity index is 847. The van der Waals surface area contributed by atoms with Gasteiger partial charge in [-0.3, -0.25) is 4.40 Å². The molecule has 7 heteroatoms. The second-order valence-electron chi connectivity index (χ2n) is 4.29. The van der Waals surface area contributed by atoms with Gasteiger partial charge in [0.05, 0.1) is 5.69 Å². The summed E-state index contributed by atoms with van der Waals surface area (Å²) in [5, 5.41) is 13.0. The fraction of sp³-hybridized carbons (Fsp3) is 0. The molecule has 106 valence electrons. The Morgan fingerprint density at radius 3 is 2.90 bits per heavy atom. The fourth-order valence-corrected chi connectivity index (χ4v) is 2.53. The number of carboxylic acids is 1. The molecule has 5 nitrogen and oxygen atoms in total. The van der Waals surface area contributed by atoms with Crippen molar-refractivity contribution in [1.29, 1.82) is 0 Å². The number of hydrogen-bond donors (Lipinski definition) is 2. The minimum Gasteiger partial charge on any atom is -0.476 e. The molecule has 0 spiro atoms. The smallest absolute Gasteiger partial charge is 0.356 e. The monoisotopic (exact) mass is 365 g/mol. The summed E-state index contributed by atoms with van der Waals surface area (Å²) in [6.07, 6.45) is 1.66. The van der Waals surface area contributed by atoms with Gasteiger partial charge in [-0.15, -0.1) is 0 Å². The molecule has 0 unspecified atom stereocenters. The average molecular weight is 367 g/mol. The zero-order chi connectivity index (χ0) is 15.0. The first-order valence-corrected chi connectivity index (χ1v) is 7.16. The fourth-order valence-electron chi connectivity index (χ4n) is 2.01. The van der Waals surface area contributed by atoms with E-state index in [9.17, 15) is 9.90 Å². The third-order valence-electron chi connectivity index (χ3n) is 2.91. The second kappa shape index (κ2) is 5.38. The molecule has 0 atom stereocenters. The van der Waals surface area contributed by atoms with Gasteiger partial charge in [-0.2, -0.15) is 0 Å². The Morgan fingerprint density at radius 1 is 1.33 bits per heavy atom. The Labute approximate surface area is 133 Å². The van der Waals surface area contributed by atoms with Crippen molar-refractivity contribution in [2.75, 3.05) is 5.32 Å². The highest BCUT2D eigenvalue weighted by atomic mass is 79.9. The van der Waals surface area contributed by atoms with Crippen LogP contribution in [0, 0.1) is 0 Å². The van der Waals surface area contributed by atoms with E-state index in [2.05, 4.69) is 26.2 Å². The molecule has 0 aliphatic rings. The zero-order valence-electron chi connectivity index (χ0n) is 10.5. The molecule has 0 amide bonds. The molecular formula is C14H9BrClN3O2. The van der Waals surface area contributed by atoms with E-state index in [-0.39, 0.29) is 11.5 Å². The summed E-state index contributed by atoms with van der Waals surface area (Å²) < 4.78 is 2.28. The van der Waals surface area contributed by atoms with E-state index in [1.807, 2.05) is 0 Å². The van der Waals surface area contributed by atoms with Crippen LogP contribution in [-0.4, -0.2) is 20.5 Å². The molecule has 2 aromatic heterocycles. The summed E-state index contributed by atoms with van der Waals surface area (Å²) in [7, 11) is 0. The first-order valence-electron chi connectivity index (χ1n) is 5.99. The molecule has 3 rings (SSSR count). The Morgan fingerprint density at radius 2 is 2.14 bits per heavy atom. The van der Waals surface area contributed by atoms with Crippen molar-refractivity contribution in [3.05, 3.63) is 57.8 Å². The second-order valence-corrected chi connectivity index (χ2v) is 5.58. The maximum Gasteiger partial charge on any atom is 0.356 e. The number of pyridine rings is 1. The molecule has 0 aliphatic heterocycles. The maximum absolute atomic E-state index is 11.5. The third kappa shape index (κ3) is 2.59. The number of aromatic carboxylic acids is 1. The van der Waals surface area contributed by atoms with Crippen LogP contribution >= 0.6 is 27.5 Å². The molecule has 0 fully saturated rings. The SMILES string of the molecule is O=C(O)c1c(Nc2cc(Cl)ccc2Br)nc2ccccn12. The average Bonchev–Trinajstić information content (AvgIpc) is 2.80. The number of aromatic nitrogens is 2. The molecule has 0 saturated heterocycles. The Balaban J connectivity index is 2.14. The number of benzene rings is 1. The number of nitrogens with zero attached hydrogens (tertiary/aromatic N) is 2. The van der Waals surface area contributed by atoms with E-state index in [0.717, 1.165) is 4.47 Å². The van der Waals surface area contributed by atoms with Crippen molar-refractivity contribution >= 4 is 50.7 Å². The first kappa shape index (κ1) is 13.9. The molecule has 0 bridgehead atoms. The lowest BCUT2D eigenvalue weighted by Crippen LogP contribution is -2.05. The molecule has 2 N–H and O–H groups in total. The van der Waals surface area contributed by atoms with Crippen LogP contribution < -0.4 is 5.32 Å². The molecule has 1 aromatic carbocycles. The van der Waals surface area contributed by atoms with Gasteiger partial charge in [0, 0.05) is 15.7 Å². The number of halogens is 2. The summed E-state index contributed by atoms with van der Waals surface area (Å²) >= 11 is 9.35. The highest BCUT2D eigenvalue weighted by molar-refractivity contribution is 9.10. The van der Waals surface area contributed by atoms with Gasteiger partial charge < -0.3 is 10.4 Å². The lowest BCUT2D eigenvalue weighted by molar-refractivity contribution is 0.0690. The van der Waals surface area contributed by atoms with Crippen molar-refractivity contribution in [3.63, 3.8) is 0 Å². The minimum absolute atomic E-state index is 0.0671. The molecule has 21 heavy (non-hydrogen) atoms. The van der Waals surface area contributed by atoms with E-state index < -0.39 is 5.97 Å². The highest BCUT2D eigenvalue weighted by Gasteiger charge is 2.19. The molecule has 0 radical (unpaired) electrons. The Hall–Kier alpha value is -2.05. The lowest BCUT2D eigenvalue weighted by atomic mass is 10.3. The number of carbonyl (C=O) groups is 1. The van der Waals surface area contributed by atoms with Gasteiger partial charge in [0.25, 0.3) is 0 Å². The van der Waals surface area contributed by atoms with E-state index in [0.29, 0.717) is 16.4 Å². The topological polar surface area (TPSA) is 66.6 Å². The summed E-state index contributed by atoms with van der Waals surface area (Å²) in [4.78, 5) is 15.8. The third-order valence-corrected chi connectivity index (χ3v) is 3.84. The van der Waals surface area contributed by atoms with Gasteiger partial charge in [0.2, 0.25) is 0 Å². The largest absolute Gasteiger partial charge is 0.476 e. The van der Waals surface area contributed by atoms with Crippen LogP contribution in [0.3, 0.4) is 0 Å². The van der Waals surface area contributed by atoms with Crippen molar-refractivity contribution < 1.29 is 9.90 Å². The van der Waals surface area contributed by atoms with Crippen LogP contribution in [0.2, 0.25) is 5.02 Å². The number of hydrogen-bond acceptors (Lipinski definition) is 3. The molecule has 0 aliphatic carbocycles. The predicted octanol–water partition coefficient (Wildman–Crippen LogP) is 4.19. The van der Waals surface area contributed by atoms with Crippen LogP contribution in [0.5, 0.6) is 0 Å². The van der Waals surface area contributed by atoms with Crippen LogP contribution in [0.25, 0.3) is 5.65 Å². The van der Waals surface area contributed by atoms with Gasteiger partial charge in [-0.1, -0.05) is 17.7 Å². The number of anilines is 2. The van der Waals surface area contributed by atoms with E-state index in [1.54, 1.807) is 42.6 Å². The minimum atomic E-state index is -1.06. The molecular weight excluding hydrogens is 358 g/mol. The lowest BCUT2D eigenvalue weighted by Gasteiger charge is -2.07. The summed E-state index contributed by atoms with van der Waals surface area (Å²) in [6.45, 7) is 0. The number of rotatable bonds is 3. The van der Waals surface area contributed by atoms with Gasteiger partial charge in [0.15, 0.2) is 11.5 Å². The standard InChI is InChI=1S/C14H9BrClN3O2/c15-9-5-4-8(16)7-10(9)17-13-12(14(20)21)19-6-2-1-3-11(19)18-13/h1-7,17H,(H,20,21). The zero-order valence-corrected chi connectivity index (χ0v) is 12.9. The summed E-state index contributed by atoms with van der Waals surface area (Å²) in [5.41, 5.74) is 1.27. The van der Waals surface area contributed by atoms with E-state index in [1.165, 1.54) is 4.40 Å². The summed E-state index contributed by atoms with van der Waals surface area (Å²) in [6, 6.07) is 10.5. The van der Waals surface area contributed by atoms with Crippen molar-refractivity contribution in [2.45, 2.75) is 0 Å². The number of carboxylic acid groups (broad SMARTS) is 1. The van der Waals surface area contributed by atoms with Crippen LogP contribution in [0.15, 0.2) is 47.1 Å². The van der Waals surface area contributed by atoms with Gasteiger partial charge in [-0.05, 0) is 46.3 Å². The molecule has 3 aromatic rings. The normalized spacial score (nSPS) is 10.8. The van der Waals surface area contributed by atoms with Crippen molar-refractivity contribution in [2.24, 2.45) is 0 Å². The predicted molar refractivity (Wildman–Crippen MR) is 84.6 cm³/mol. The quantitative estimate of drug-likeness (QED) is 0.729.